The van der Waals surface area contributed by atoms with Crippen LogP contribution >= 0.6 is 0 Å². The molecule has 122 valence electrons. The van der Waals surface area contributed by atoms with Crippen LogP contribution in [0.5, 0.6) is 0 Å². The maximum atomic E-state index is 12.8. The van der Waals surface area contributed by atoms with Crippen LogP contribution in [0.1, 0.15) is 18.1 Å². The molecule has 23 heavy (non-hydrogen) atoms. The smallest absolute Gasteiger partial charge is 0.308 e. The molecule has 5 heteroatoms. The topological polar surface area (TPSA) is 74.6 Å². The minimum Gasteiger partial charge on any atom is -0.481 e. The number of rotatable bonds is 6. The molecule has 0 saturated carbocycles. The maximum Gasteiger partial charge on any atom is 0.308 e. The minimum atomic E-state index is -1.37. The summed E-state index contributed by atoms with van der Waals surface area (Å²) in [7, 11) is -1.37. The van der Waals surface area contributed by atoms with E-state index < -0.39 is 28.8 Å². The van der Waals surface area contributed by atoms with E-state index in [1.54, 1.807) is 24.3 Å². The molecule has 0 aliphatic rings. The normalized spacial score (nSPS) is 14.9. The molecule has 0 heterocycles. The predicted molar refractivity (Wildman–Crippen MR) is 88.8 cm³/mol. The van der Waals surface area contributed by atoms with Gasteiger partial charge in [0.1, 0.15) is 0 Å². The third-order valence-electron chi connectivity index (χ3n) is 3.80. The van der Waals surface area contributed by atoms with Gasteiger partial charge in [-0.3, -0.25) is 4.79 Å². The number of carbonyl (C=O) groups is 1. The first kappa shape index (κ1) is 17.4. The second-order valence-corrected chi connectivity index (χ2v) is 7.04. The largest absolute Gasteiger partial charge is 0.481 e. The van der Waals surface area contributed by atoms with Gasteiger partial charge in [-0.05, 0) is 37.6 Å². The van der Waals surface area contributed by atoms with Crippen LogP contribution in [0.4, 0.5) is 0 Å². The highest BCUT2D eigenvalue weighted by Gasteiger charge is 2.23. The number of aliphatic hydroxyl groups is 1. The van der Waals surface area contributed by atoms with Gasteiger partial charge in [0.25, 0.3) is 0 Å². The summed E-state index contributed by atoms with van der Waals surface area (Å²) in [5, 5.41) is 19.1. The first-order valence-electron chi connectivity index (χ1n) is 7.37. The average Bonchev–Trinajstić information content (AvgIpc) is 2.54. The van der Waals surface area contributed by atoms with Crippen molar-refractivity contribution in [3.8, 4) is 0 Å². The summed E-state index contributed by atoms with van der Waals surface area (Å²) in [6.45, 7) is 3.43. The Morgan fingerprint density at radius 1 is 1.13 bits per heavy atom. The fraction of sp³-hybridized carbons (Fsp3) is 0.278. The summed E-state index contributed by atoms with van der Waals surface area (Å²) in [5.41, 5.74) is 1.79. The Balaban J connectivity index is 2.28. The van der Waals surface area contributed by atoms with E-state index >= 15 is 0 Å². The second kappa shape index (κ2) is 7.53. The zero-order valence-electron chi connectivity index (χ0n) is 13.1. The van der Waals surface area contributed by atoms with Crippen molar-refractivity contribution in [2.45, 2.75) is 36.2 Å². The van der Waals surface area contributed by atoms with Gasteiger partial charge in [-0.1, -0.05) is 35.9 Å². The first-order valence-corrected chi connectivity index (χ1v) is 8.52. The molecule has 2 aromatic rings. The maximum absolute atomic E-state index is 12.8. The van der Waals surface area contributed by atoms with Gasteiger partial charge >= 0.3 is 5.97 Å². The van der Waals surface area contributed by atoms with E-state index in [1.807, 2.05) is 31.2 Å². The Labute approximate surface area is 138 Å². The molecular formula is C18H20O4S. The van der Waals surface area contributed by atoms with Crippen LogP contribution in [-0.4, -0.2) is 26.5 Å². The number of hydrogen-bond donors (Lipinski definition) is 2. The molecule has 2 aromatic carbocycles. The number of benzene rings is 2. The Morgan fingerprint density at radius 2 is 1.74 bits per heavy atom. The molecule has 2 rings (SSSR count). The summed E-state index contributed by atoms with van der Waals surface area (Å²) >= 11 is 0. The summed E-state index contributed by atoms with van der Waals surface area (Å²) < 4.78 is 12.8. The van der Waals surface area contributed by atoms with Gasteiger partial charge in [-0.2, -0.15) is 0 Å². The highest BCUT2D eigenvalue weighted by atomic mass is 32.2. The molecule has 0 aromatic heterocycles. The molecular weight excluding hydrogens is 312 g/mol. The van der Waals surface area contributed by atoms with Gasteiger partial charge in [-0.25, -0.2) is 4.21 Å². The van der Waals surface area contributed by atoms with E-state index in [2.05, 4.69) is 0 Å². The van der Waals surface area contributed by atoms with Crippen LogP contribution in [-0.2, 0) is 22.0 Å². The Hall–Kier alpha value is -1.98. The van der Waals surface area contributed by atoms with Gasteiger partial charge in [-0.15, -0.1) is 0 Å². The standard InChI is InChI=1S/C18H20O4S/c1-12-7-9-15(10-8-12)23(22)17-6-4-3-5-14(17)11-16(19)13(2)18(20)21/h3-10,13,16,19H,11H2,1-2H3,(H,20,21)/t13-,16-,23?/m1/s1. The lowest BCUT2D eigenvalue weighted by Gasteiger charge is -2.17. The third kappa shape index (κ3) is 4.27. The molecule has 0 spiro atoms. The van der Waals surface area contributed by atoms with Crippen LogP contribution in [0.2, 0.25) is 0 Å². The average molecular weight is 332 g/mol. The van der Waals surface area contributed by atoms with E-state index in [-0.39, 0.29) is 6.42 Å². The van der Waals surface area contributed by atoms with Crippen molar-refractivity contribution < 1.29 is 19.2 Å². The van der Waals surface area contributed by atoms with Gasteiger partial charge in [0.05, 0.1) is 22.8 Å². The van der Waals surface area contributed by atoms with Crippen molar-refractivity contribution in [2.75, 3.05) is 0 Å². The van der Waals surface area contributed by atoms with Crippen LogP contribution in [0.25, 0.3) is 0 Å². The molecule has 0 radical (unpaired) electrons. The molecule has 2 N–H and O–H groups in total. The fourth-order valence-electron chi connectivity index (χ4n) is 2.21. The van der Waals surface area contributed by atoms with Gasteiger partial charge < -0.3 is 10.2 Å². The lowest BCUT2D eigenvalue weighted by Crippen LogP contribution is -2.27. The molecule has 0 aliphatic carbocycles. The zero-order valence-corrected chi connectivity index (χ0v) is 13.9. The van der Waals surface area contributed by atoms with E-state index in [1.165, 1.54) is 6.92 Å². The summed E-state index contributed by atoms with van der Waals surface area (Å²) in [6.07, 6.45) is -0.870. The van der Waals surface area contributed by atoms with E-state index in [0.717, 1.165) is 5.56 Å². The van der Waals surface area contributed by atoms with Gasteiger partial charge in [0, 0.05) is 16.2 Å². The Kier molecular flexibility index (Phi) is 5.69. The van der Waals surface area contributed by atoms with E-state index in [0.29, 0.717) is 15.4 Å². The van der Waals surface area contributed by atoms with Crippen LogP contribution in [0.15, 0.2) is 58.3 Å². The highest BCUT2D eigenvalue weighted by Crippen LogP contribution is 2.23. The number of aliphatic hydroxyl groups excluding tert-OH is 1. The molecule has 0 aliphatic heterocycles. The van der Waals surface area contributed by atoms with Crippen molar-refractivity contribution in [1.29, 1.82) is 0 Å². The van der Waals surface area contributed by atoms with E-state index in [4.69, 9.17) is 5.11 Å². The van der Waals surface area contributed by atoms with Crippen molar-refractivity contribution in [3.05, 3.63) is 59.7 Å². The number of hydrogen-bond acceptors (Lipinski definition) is 3. The number of aryl methyl sites for hydroxylation is 1. The Morgan fingerprint density at radius 3 is 2.35 bits per heavy atom. The number of carboxylic acids is 1. The van der Waals surface area contributed by atoms with Crippen LogP contribution in [0, 0.1) is 12.8 Å². The zero-order chi connectivity index (χ0) is 17.0. The van der Waals surface area contributed by atoms with Crippen molar-refractivity contribution in [2.24, 2.45) is 5.92 Å². The predicted octanol–water partition coefficient (Wildman–Crippen LogP) is 2.79. The highest BCUT2D eigenvalue weighted by molar-refractivity contribution is 7.85. The minimum absolute atomic E-state index is 0.154. The molecule has 3 atom stereocenters. The van der Waals surface area contributed by atoms with Crippen molar-refractivity contribution >= 4 is 16.8 Å². The first-order chi connectivity index (χ1) is 10.9. The van der Waals surface area contributed by atoms with Crippen molar-refractivity contribution in [3.63, 3.8) is 0 Å². The monoisotopic (exact) mass is 332 g/mol. The third-order valence-corrected chi connectivity index (χ3v) is 5.30. The van der Waals surface area contributed by atoms with Gasteiger partial charge in [0.15, 0.2) is 0 Å². The van der Waals surface area contributed by atoms with Crippen LogP contribution < -0.4 is 0 Å². The molecule has 0 bridgehead atoms. The molecule has 0 amide bonds. The van der Waals surface area contributed by atoms with Gasteiger partial charge in [0.2, 0.25) is 0 Å². The lowest BCUT2D eigenvalue weighted by atomic mass is 9.98. The lowest BCUT2D eigenvalue weighted by molar-refractivity contribution is -0.144. The van der Waals surface area contributed by atoms with E-state index in [9.17, 15) is 14.1 Å². The quantitative estimate of drug-likeness (QED) is 0.853. The van der Waals surface area contributed by atoms with Crippen LogP contribution in [0.3, 0.4) is 0 Å². The number of carboxylic acid groups (broad SMARTS) is 1. The second-order valence-electron chi connectivity index (χ2n) is 5.59. The summed E-state index contributed by atoms with van der Waals surface area (Å²) in [6, 6.07) is 14.6. The molecule has 0 fully saturated rings. The van der Waals surface area contributed by atoms with Crippen molar-refractivity contribution in [1.82, 2.24) is 0 Å². The fourth-order valence-corrected chi connectivity index (χ4v) is 3.44. The SMILES string of the molecule is Cc1ccc(S(=O)c2ccccc2C[C@@H](O)[C@@H](C)C(=O)O)cc1. The summed E-state index contributed by atoms with van der Waals surface area (Å²) in [4.78, 5) is 12.3. The molecule has 0 saturated heterocycles. The Bertz CT molecular complexity index is 709. The number of aliphatic carboxylic acids is 1. The molecule has 1 unspecified atom stereocenters. The molecule has 4 nitrogen and oxygen atoms in total. The summed E-state index contributed by atoms with van der Waals surface area (Å²) in [5.74, 6) is -1.93.